The Kier molecular flexibility index (Phi) is 8.39. The van der Waals surface area contributed by atoms with Crippen LogP contribution in [0.25, 0.3) is 0 Å². The second kappa shape index (κ2) is 11.2. The first kappa shape index (κ1) is 22.4. The standard InChI is InChI=1S/C23H33FN4O2/c1-2-11-28(21-9-4-3-5-10-21)23(30)18-27-14-12-26(13-15-27)17-22(29)25-20-8-6-7-19(24)16-20/h6-9,16H,2-5,10-15,17-18H2,1H3,(H,25,29)/p+2. The molecule has 0 aromatic heterocycles. The Morgan fingerprint density at radius 2 is 1.83 bits per heavy atom. The van der Waals surface area contributed by atoms with Crippen LogP contribution >= 0.6 is 0 Å². The molecule has 0 spiro atoms. The highest BCUT2D eigenvalue weighted by atomic mass is 19.1. The number of hydrogen-bond donors (Lipinski definition) is 3. The summed E-state index contributed by atoms with van der Waals surface area (Å²) in [6.45, 7) is 7.29. The number of nitrogens with one attached hydrogen (secondary N) is 3. The monoisotopic (exact) mass is 418 g/mol. The molecule has 1 aliphatic heterocycles. The van der Waals surface area contributed by atoms with Gasteiger partial charge in [0.1, 0.15) is 32.0 Å². The molecule has 164 valence electrons. The number of allylic oxidation sites excluding steroid dienone is 2. The Bertz CT molecular complexity index is 759. The molecule has 0 bridgehead atoms. The van der Waals surface area contributed by atoms with Crippen molar-refractivity contribution in [1.82, 2.24) is 4.90 Å². The Balaban J connectivity index is 1.43. The van der Waals surface area contributed by atoms with Crippen LogP contribution < -0.4 is 15.1 Å². The SMILES string of the molecule is CCCN(C(=O)C[NH+]1CC[NH+](CC(=O)Nc2cccc(F)c2)CC1)C1=CCCCC1. The normalized spacial score (nSPS) is 21.6. The van der Waals surface area contributed by atoms with Crippen LogP contribution in [0.4, 0.5) is 10.1 Å². The molecular formula is C23H35FN4O2+2. The van der Waals surface area contributed by atoms with Gasteiger partial charge in [-0.1, -0.05) is 19.1 Å². The maximum atomic E-state index is 13.3. The molecule has 3 N–H and O–H groups in total. The van der Waals surface area contributed by atoms with Crippen LogP contribution in [0.3, 0.4) is 0 Å². The number of rotatable bonds is 8. The van der Waals surface area contributed by atoms with Crippen molar-refractivity contribution in [1.29, 1.82) is 0 Å². The molecule has 1 fully saturated rings. The van der Waals surface area contributed by atoms with Gasteiger partial charge in [-0.25, -0.2) is 4.39 Å². The molecule has 3 rings (SSSR count). The highest BCUT2D eigenvalue weighted by molar-refractivity contribution is 5.91. The Labute approximate surface area is 178 Å². The zero-order valence-corrected chi connectivity index (χ0v) is 18.0. The number of anilines is 1. The average Bonchev–Trinajstić information content (AvgIpc) is 2.74. The van der Waals surface area contributed by atoms with E-state index in [0.29, 0.717) is 18.8 Å². The summed E-state index contributed by atoms with van der Waals surface area (Å²) in [5, 5.41) is 2.77. The van der Waals surface area contributed by atoms with Crippen molar-refractivity contribution in [2.45, 2.75) is 39.0 Å². The second-order valence-corrected chi connectivity index (χ2v) is 8.40. The number of amides is 2. The van der Waals surface area contributed by atoms with E-state index in [0.717, 1.165) is 52.0 Å². The molecular weight excluding hydrogens is 383 g/mol. The lowest BCUT2D eigenvalue weighted by Gasteiger charge is -2.32. The van der Waals surface area contributed by atoms with Crippen LogP contribution in [0, 0.1) is 5.82 Å². The van der Waals surface area contributed by atoms with Crippen LogP contribution in [-0.4, -0.2) is 62.5 Å². The van der Waals surface area contributed by atoms with Crippen molar-refractivity contribution in [3.8, 4) is 0 Å². The lowest BCUT2D eigenvalue weighted by molar-refractivity contribution is -1.00. The van der Waals surface area contributed by atoms with Crippen LogP contribution in [0.5, 0.6) is 0 Å². The Morgan fingerprint density at radius 3 is 2.47 bits per heavy atom. The number of carbonyl (C=O) groups excluding carboxylic acids is 2. The number of nitrogens with zero attached hydrogens (tertiary/aromatic N) is 1. The van der Waals surface area contributed by atoms with Crippen molar-refractivity contribution < 1.29 is 23.8 Å². The van der Waals surface area contributed by atoms with Crippen LogP contribution in [-0.2, 0) is 9.59 Å². The molecule has 0 radical (unpaired) electrons. The van der Waals surface area contributed by atoms with Crippen LogP contribution in [0.2, 0.25) is 0 Å². The van der Waals surface area contributed by atoms with Crippen LogP contribution in [0.15, 0.2) is 36.0 Å². The predicted octanol–water partition coefficient (Wildman–Crippen LogP) is 0.244. The van der Waals surface area contributed by atoms with E-state index in [-0.39, 0.29) is 17.6 Å². The average molecular weight is 419 g/mol. The fraction of sp³-hybridized carbons (Fsp3) is 0.565. The number of piperazine rings is 1. The minimum atomic E-state index is -0.358. The van der Waals surface area contributed by atoms with Gasteiger partial charge in [0.2, 0.25) is 0 Å². The molecule has 0 unspecified atom stereocenters. The molecule has 1 aliphatic carbocycles. The number of carbonyl (C=O) groups is 2. The zero-order valence-electron chi connectivity index (χ0n) is 18.0. The van der Waals surface area contributed by atoms with E-state index in [1.165, 1.54) is 40.5 Å². The molecule has 6 nitrogen and oxygen atoms in total. The smallest absolute Gasteiger partial charge is 0.281 e. The highest BCUT2D eigenvalue weighted by Gasteiger charge is 2.29. The van der Waals surface area contributed by atoms with Crippen molar-refractivity contribution in [2.24, 2.45) is 0 Å². The number of quaternary nitrogens is 2. The van der Waals surface area contributed by atoms with Gasteiger partial charge in [-0.15, -0.1) is 0 Å². The summed E-state index contributed by atoms with van der Waals surface area (Å²) in [6.07, 6.45) is 7.70. The molecule has 1 saturated heterocycles. The van der Waals surface area contributed by atoms with E-state index in [1.54, 1.807) is 12.1 Å². The summed E-state index contributed by atoms with van der Waals surface area (Å²) in [4.78, 5) is 29.7. The van der Waals surface area contributed by atoms with Crippen molar-refractivity contribution in [2.75, 3.05) is 51.1 Å². The summed E-state index contributed by atoms with van der Waals surface area (Å²) in [5.74, 6) is -0.232. The largest absolute Gasteiger partial charge is 0.321 e. The first-order valence-corrected chi connectivity index (χ1v) is 11.3. The summed E-state index contributed by atoms with van der Waals surface area (Å²) in [5.41, 5.74) is 1.70. The lowest BCUT2D eigenvalue weighted by Crippen LogP contribution is -3.28. The van der Waals surface area contributed by atoms with Crippen LogP contribution in [0.1, 0.15) is 39.0 Å². The molecule has 2 amide bonds. The predicted molar refractivity (Wildman–Crippen MR) is 115 cm³/mol. The summed E-state index contributed by atoms with van der Waals surface area (Å²) < 4.78 is 13.3. The minimum absolute atomic E-state index is 0.103. The van der Waals surface area contributed by atoms with Crippen molar-refractivity contribution in [3.05, 3.63) is 41.9 Å². The second-order valence-electron chi connectivity index (χ2n) is 8.40. The summed E-state index contributed by atoms with van der Waals surface area (Å²) >= 11 is 0. The Morgan fingerprint density at radius 1 is 1.10 bits per heavy atom. The van der Waals surface area contributed by atoms with E-state index < -0.39 is 0 Å². The van der Waals surface area contributed by atoms with Crippen molar-refractivity contribution in [3.63, 3.8) is 0 Å². The topological polar surface area (TPSA) is 58.3 Å². The molecule has 1 aromatic carbocycles. The van der Waals surface area contributed by atoms with E-state index >= 15 is 0 Å². The maximum Gasteiger partial charge on any atom is 0.281 e. The molecule has 0 atom stereocenters. The van der Waals surface area contributed by atoms with Gasteiger partial charge in [0.15, 0.2) is 13.1 Å². The molecule has 7 heteroatoms. The Hall–Kier alpha value is -2.25. The third-order valence-corrected chi connectivity index (χ3v) is 5.95. The van der Waals surface area contributed by atoms with Gasteiger partial charge in [0, 0.05) is 17.9 Å². The summed E-state index contributed by atoms with van der Waals surface area (Å²) in [6, 6.07) is 5.96. The summed E-state index contributed by atoms with van der Waals surface area (Å²) in [7, 11) is 0. The van der Waals surface area contributed by atoms with E-state index in [1.807, 2.05) is 4.90 Å². The van der Waals surface area contributed by atoms with Gasteiger partial charge in [-0.05, 0) is 50.3 Å². The van der Waals surface area contributed by atoms with Gasteiger partial charge in [0.05, 0.1) is 0 Å². The molecule has 1 aromatic rings. The minimum Gasteiger partial charge on any atom is -0.321 e. The zero-order chi connectivity index (χ0) is 21.3. The fourth-order valence-corrected chi connectivity index (χ4v) is 4.34. The molecule has 1 heterocycles. The fourth-order valence-electron chi connectivity index (χ4n) is 4.34. The van der Waals surface area contributed by atoms with Gasteiger partial charge in [0.25, 0.3) is 11.8 Å². The lowest BCUT2D eigenvalue weighted by atomic mass is 10.0. The first-order chi connectivity index (χ1) is 14.5. The van der Waals surface area contributed by atoms with Gasteiger partial charge < -0.3 is 20.0 Å². The third kappa shape index (κ3) is 6.64. The van der Waals surface area contributed by atoms with Gasteiger partial charge in [-0.2, -0.15) is 0 Å². The maximum absolute atomic E-state index is 13.3. The van der Waals surface area contributed by atoms with Crippen molar-refractivity contribution >= 4 is 17.5 Å². The van der Waals surface area contributed by atoms with E-state index in [9.17, 15) is 14.0 Å². The third-order valence-electron chi connectivity index (χ3n) is 5.95. The first-order valence-electron chi connectivity index (χ1n) is 11.3. The number of halogens is 1. The van der Waals surface area contributed by atoms with E-state index in [2.05, 4.69) is 18.3 Å². The molecule has 0 saturated carbocycles. The van der Waals surface area contributed by atoms with E-state index in [4.69, 9.17) is 0 Å². The highest BCUT2D eigenvalue weighted by Crippen LogP contribution is 2.21. The number of hydrogen-bond acceptors (Lipinski definition) is 2. The molecule has 30 heavy (non-hydrogen) atoms. The number of benzene rings is 1. The van der Waals surface area contributed by atoms with Gasteiger partial charge in [-0.3, -0.25) is 9.59 Å². The molecule has 2 aliphatic rings. The quantitative estimate of drug-likeness (QED) is 0.567. The van der Waals surface area contributed by atoms with Gasteiger partial charge >= 0.3 is 0 Å².